The molecule has 1 aromatic carbocycles. The number of carboxylic acids is 1. The molecule has 2 N–H and O–H groups in total. The number of ether oxygens (including phenoxy) is 1. The number of aryl methyl sites for hydroxylation is 1. The van der Waals surface area contributed by atoms with Crippen molar-refractivity contribution in [2.24, 2.45) is 0 Å². The van der Waals surface area contributed by atoms with Gasteiger partial charge in [-0.05, 0) is 56.9 Å². The van der Waals surface area contributed by atoms with E-state index in [0.29, 0.717) is 31.3 Å². The summed E-state index contributed by atoms with van der Waals surface area (Å²) in [6, 6.07) is 5.50. The molecule has 0 bridgehead atoms. The SMILES string of the molecule is CCc1ccc(N(CCCl)CCCl)cc1C[C@@H](CC(=O)O)NC(=O)OC(C)(C)C. The summed E-state index contributed by atoms with van der Waals surface area (Å²) in [5.74, 6) is -0.0288. The quantitative estimate of drug-likeness (QED) is 0.491. The predicted octanol–water partition coefficient (Wildman–Crippen LogP) is 4.44. The van der Waals surface area contributed by atoms with Crippen LogP contribution in [0.5, 0.6) is 0 Å². The maximum Gasteiger partial charge on any atom is 0.407 e. The molecule has 0 fully saturated rings. The van der Waals surface area contributed by atoms with Gasteiger partial charge in [-0.1, -0.05) is 13.0 Å². The average Bonchev–Trinajstić information content (AvgIpc) is 2.59. The largest absolute Gasteiger partial charge is 0.481 e. The maximum absolute atomic E-state index is 12.2. The van der Waals surface area contributed by atoms with E-state index in [9.17, 15) is 14.7 Å². The molecular weight excluding hydrogens is 415 g/mol. The van der Waals surface area contributed by atoms with Gasteiger partial charge in [0.15, 0.2) is 0 Å². The Morgan fingerprint density at radius 3 is 2.28 bits per heavy atom. The smallest absolute Gasteiger partial charge is 0.407 e. The van der Waals surface area contributed by atoms with Crippen molar-refractivity contribution in [3.8, 4) is 0 Å². The fraction of sp³-hybridized carbons (Fsp3) is 0.619. The molecule has 0 aliphatic carbocycles. The molecule has 0 saturated heterocycles. The molecule has 1 amide bonds. The van der Waals surface area contributed by atoms with Crippen LogP contribution in [-0.4, -0.2) is 53.7 Å². The molecule has 0 aliphatic rings. The molecule has 0 saturated carbocycles. The highest BCUT2D eigenvalue weighted by Crippen LogP contribution is 2.23. The number of hydrogen-bond donors (Lipinski definition) is 2. The first-order chi connectivity index (χ1) is 13.6. The molecular formula is C21H32Cl2N2O4. The first-order valence-corrected chi connectivity index (χ1v) is 10.9. The van der Waals surface area contributed by atoms with E-state index in [0.717, 1.165) is 23.2 Å². The summed E-state index contributed by atoms with van der Waals surface area (Å²) in [4.78, 5) is 25.6. The molecule has 0 aliphatic heterocycles. The number of alkyl carbamates (subject to hydrolysis) is 1. The van der Waals surface area contributed by atoms with Crippen LogP contribution < -0.4 is 10.2 Å². The van der Waals surface area contributed by atoms with Crippen LogP contribution in [0, 0.1) is 0 Å². The molecule has 0 radical (unpaired) electrons. The summed E-state index contributed by atoms with van der Waals surface area (Å²) in [5, 5.41) is 12.0. The van der Waals surface area contributed by atoms with Crippen molar-refractivity contribution in [3.63, 3.8) is 0 Å². The Labute approximate surface area is 183 Å². The number of halogens is 2. The van der Waals surface area contributed by atoms with Crippen LogP contribution in [0.25, 0.3) is 0 Å². The van der Waals surface area contributed by atoms with Crippen molar-refractivity contribution in [2.75, 3.05) is 29.7 Å². The number of alkyl halides is 2. The number of nitrogens with one attached hydrogen (secondary N) is 1. The summed E-state index contributed by atoms with van der Waals surface area (Å²) in [5.41, 5.74) is 2.41. The number of carboxylic acid groups (broad SMARTS) is 1. The van der Waals surface area contributed by atoms with Crippen LogP contribution in [0.4, 0.5) is 10.5 Å². The third-order valence-electron chi connectivity index (χ3n) is 4.25. The average molecular weight is 447 g/mol. The van der Waals surface area contributed by atoms with Gasteiger partial charge < -0.3 is 20.1 Å². The van der Waals surface area contributed by atoms with Crippen LogP contribution >= 0.6 is 23.2 Å². The van der Waals surface area contributed by atoms with E-state index in [4.69, 9.17) is 27.9 Å². The highest BCUT2D eigenvalue weighted by atomic mass is 35.5. The van der Waals surface area contributed by atoms with Crippen LogP contribution in [0.1, 0.15) is 45.2 Å². The van der Waals surface area contributed by atoms with Crippen molar-refractivity contribution in [2.45, 2.75) is 58.6 Å². The molecule has 1 aromatic rings. The molecule has 8 heteroatoms. The predicted molar refractivity (Wildman–Crippen MR) is 119 cm³/mol. The van der Waals surface area contributed by atoms with E-state index in [2.05, 4.69) is 10.2 Å². The van der Waals surface area contributed by atoms with E-state index in [-0.39, 0.29) is 6.42 Å². The second-order valence-corrected chi connectivity index (χ2v) is 8.57. The Hall–Kier alpha value is -1.66. The maximum atomic E-state index is 12.2. The molecule has 29 heavy (non-hydrogen) atoms. The summed E-state index contributed by atoms with van der Waals surface area (Å²) >= 11 is 11.8. The fourth-order valence-corrected chi connectivity index (χ4v) is 3.45. The van der Waals surface area contributed by atoms with E-state index < -0.39 is 23.7 Å². The second-order valence-electron chi connectivity index (χ2n) is 7.82. The van der Waals surface area contributed by atoms with Crippen molar-refractivity contribution < 1.29 is 19.4 Å². The lowest BCUT2D eigenvalue weighted by Crippen LogP contribution is -2.41. The first kappa shape index (κ1) is 25.4. The lowest BCUT2D eigenvalue weighted by Gasteiger charge is -2.26. The van der Waals surface area contributed by atoms with Gasteiger partial charge in [0.2, 0.25) is 0 Å². The Morgan fingerprint density at radius 1 is 1.17 bits per heavy atom. The number of rotatable bonds is 11. The van der Waals surface area contributed by atoms with E-state index in [1.807, 2.05) is 25.1 Å². The Balaban J connectivity index is 3.10. The van der Waals surface area contributed by atoms with Gasteiger partial charge >= 0.3 is 12.1 Å². The van der Waals surface area contributed by atoms with Gasteiger partial charge in [-0.3, -0.25) is 4.79 Å². The van der Waals surface area contributed by atoms with Gasteiger partial charge in [-0.2, -0.15) is 0 Å². The van der Waals surface area contributed by atoms with E-state index in [1.54, 1.807) is 20.8 Å². The van der Waals surface area contributed by atoms with Crippen molar-refractivity contribution in [3.05, 3.63) is 29.3 Å². The molecule has 0 heterocycles. The van der Waals surface area contributed by atoms with Gasteiger partial charge in [-0.15, -0.1) is 23.2 Å². The standard InChI is InChI=1S/C21H32Cl2N2O4/c1-5-15-6-7-18(25(10-8-22)11-9-23)13-16(15)12-17(14-19(26)27)24-20(28)29-21(2,3)4/h6-7,13,17H,5,8-12,14H2,1-4H3,(H,24,28)(H,26,27)/t17-/m0/s1. The Kier molecular flexibility index (Phi) is 10.6. The van der Waals surface area contributed by atoms with Crippen molar-refractivity contribution in [1.29, 1.82) is 0 Å². The number of amides is 1. The molecule has 0 spiro atoms. The van der Waals surface area contributed by atoms with Gasteiger partial charge in [0.05, 0.1) is 6.42 Å². The zero-order chi connectivity index (χ0) is 22.0. The molecule has 6 nitrogen and oxygen atoms in total. The third-order valence-corrected chi connectivity index (χ3v) is 4.59. The third kappa shape index (κ3) is 9.59. The Morgan fingerprint density at radius 2 is 1.79 bits per heavy atom. The lowest BCUT2D eigenvalue weighted by atomic mass is 9.96. The van der Waals surface area contributed by atoms with Crippen molar-refractivity contribution >= 4 is 41.0 Å². The molecule has 1 atom stereocenters. The number of anilines is 1. The topological polar surface area (TPSA) is 78.9 Å². The van der Waals surface area contributed by atoms with Crippen LogP contribution in [0.15, 0.2) is 18.2 Å². The molecule has 0 aromatic heterocycles. The number of benzene rings is 1. The molecule has 164 valence electrons. The van der Waals surface area contributed by atoms with Gasteiger partial charge in [-0.25, -0.2) is 4.79 Å². The number of carbonyl (C=O) groups excluding carboxylic acids is 1. The van der Waals surface area contributed by atoms with Gasteiger partial charge in [0.1, 0.15) is 5.60 Å². The lowest BCUT2D eigenvalue weighted by molar-refractivity contribution is -0.137. The minimum atomic E-state index is -0.980. The summed E-state index contributed by atoms with van der Waals surface area (Å²) in [6.07, 6.45) is 0.369. The summed E-state index contributed by atoms with van der Waals surface area (Å²) in [6.45, 7) is 8.66. The van der Waals surface area contributed by atoms with Crippen molar-refractivity contribution in [1.82, 2.24) is 5.32 Å². The van der Waals surface area contributed by atoms with Crippen LogP contribution in [0.2, 0.25) is 0 Å². The zero-order valence-electron chi connectivity index (χ0n) is 17.6. The number of nitrogens with zero attached hydrogens (tertiary/aromatic N) is 1. The minimum absolute atomic E-state index is 0.195. The van der Waals surface area contributed by atoms with E-state index in [1.165, 1.54) is 0 Å². The number of aliphatic carboxylic acids is 1. The van der Waals surface area contributed by atoms with Gasteiger partial charge in [0.25, 0.3) is 0 Å². The summed E-state index contributed by atoms with van der Waals surface area (Å²) < 4.78 is 5.29. The molecule has 1 rings (SSSR count). The number of hydrogen-bond acceptors (Lipinski definition) is 4. The summed E-state index contributed by atoms with van der Waals surface area (Å²) in [7, 11) is 0. The van der Waals surface area contributed by atoms with Crippen LogP contribution in [0.3, 0.4) is 0 Å². The van der Waals surface area contributed by atoms with E-state index >= 15 is 0 Å². The fourth-order valence-electron chi connectivity index (χ4n) is 3.04. The van der Waals surface area contributed by atoms with Crippen LogP contribution in [-0.2, 0) is 22.4 Å². The Bertz CT molecular complexity index is 671. The minimum Gasteiger partial charge on any atom is -0.481 e. The second kappa shape index (κ2) is 12.1. The monoisotopic (exact) mass is 446 g/mol. The number of carbonyl (C=O) groups is 2. The van der Waals surface area contributed by atoms with Gasteiger partial charge in [0, 0.05) is 36.6 Å². The zero-order valence-corrected chi connectivity index (χ0v) is 19.1. The first-order valence-electron chi connectivity index (χ1n) is 9.79. The highest BCUT2D eigenvalue weighted by Gasteiger charge is 2.22. The highest BCUT2D eigenvalue weighted by molar-refractivity contribution is 6.18. The normalized spacial score (nSPS) is 12.3. The molecule has 0 unspecified atom stereocenters.